The van der Waals surface area contributed by atoms with Gasteiger partial charge in [-0.1, -0.05) is 129 Å². The van der Waals surface area contributed by atoms with E-state index in [-0.39, 0.29) is 65.3 Å². The molecule has 0 saturated carbocycles. The van der Waals surface area contributed by atoms with Crippen LogP contribution in [0.3, 0.4) is 0 Å². The van der Waals surface area contributed by atoms with Crippen LogP contribution in [0.25, 0.3) is 64.8 Å². The number of benzene rings is 6. The summed E-state index contributed by atoms with van der Waals surface area (Å²) in [5.41, 5.74) is 6.19. The van der Waals surface area contributed by atoms with Crippen LogP contribution in [0.4, 0.5) is 0 Å². The maximum atomic E-state index is 13.9. The molecule has 508 valence electrons. The number of piperidine rings is 1. The molecule has 5 aliphatic heterocycles. The highest BCUT2D eigenvalue weighted by Gasteiger charge is 2.52. The van der Waals surface area contributed by atoms with Crippen LogP contribution in [0.1, 0.15) is 89.7 Å². The number of nitrogens with zero attached hydrogens (tertiary/aromatic N) is 6. The molecule has 2 unspecified atom stereocenters. The van der Waals surface area contributed by atoms with Crippen molar-refractivity contribution >= 4 is 84.0 Å². The fourth-order valence-electron chi connectivity index (χ4n) is 14.4. The molecule has 1 N–H and O–H groups in total. The first-order valence-corrected chi connectivity index (χ1v) is 37.2. The molecule has 10 aromatic rings. The summed E-state index contributed by atoms with van der Waals surface area (Å²) in [4.78, 5) is 60.8. The third kappa shape index (κ3) is 14.0. The van der Waals surface area contributed by atoms with Crippen LogP contribution in [0.2, 0.25) is 5.04 Å². The number of nitrogens with one attached hydrogen (secondary N) is 1. The lowest BCUT2D eigenvalue weighted by atomic mass is 10.1. The van der Waals surface area contributed by atoms with E-state index < -0.39 is 8.32 Å². The Morgan fingerprint density at radius 2 is 1.44 bits per heavy atom. The van der Waals surface area contributed by atoms with Gasteiger partial charge in [-0.25, -0.2) is 15.0 Å². The molecule has 0 radical (unpaired) electrons. The number of ether oxygens (including phenoxy) is 9. The van der Waals surface area contributed by atoms with Gasteiger partial charge in [0.05, 0.1) is 82.6 Å². The van der Waals surface area contributed by atoms with E-state index in [0.717, 1.165) is 97.1 Å². The summed E-state index contributed by atoms with van der Waals surface area (Å²) in [6.07, 6.45) is 7.88. The standard InChI is InChI=1S/C46H53N3O8SSi.C28H30N4O5S/c1-46(2,3)59(34-15-8-6-9-16-34,35-17-10-7-11-18-35)57-33-27-32(54-29-33)22-23-49-45(50)37-20-14-19-36(43(37)58-49)41-44(52-5)47-38-25-31(28-55-40-21-12-13-24-53-40)26-39(42(38)48-41)56-30-51-4;1-35-18-4-3-8-31(14-18)13-16-10-22-25-23(11-16)37-19-12-17(36-15-19)7-9-32-28(34)21-6-2-5-20(26(21)38-32)24(30-25)27(33)29-22/h6-11,14-20,25-26,32-33,40H,12-13,21-24,27-30H2,1-5H3;2,5-6,10-11,17-19H,3-4,7-9,12-15H2,1H3,(H,29,33)/t32-,33-,40?;17-,18?,19+/m11/s1. The van der Waals surface area contributed by atoms with Crippen LogP contribution < -0.4 is 41.3 Å². The van der Waals surface area contributed by atoms with Gasteiger partial charge in [0.1, 0.15) is 34.3 Å². The quantitative estimate of drug-likeness (QED) is 0.0625. The minimum Gasteiger partial charge on any atom is -0.486 e. The van der Waals surface area contributed by atoms with E-state index in [0.29, 0.717) is 113 Å². The van der Waals surface area contributed by atoms with Crippen LogP contribution in [0.15, 0.2) is 136 Å². The lowest BCUT2D eigenvalue weighted by Gasteiger charge is -2.44. The number of aromatic nitrogens is 6. The van der Waals surface area contributed by atoms with E-state index in [1.54, 1.807) is 25.3 Å². The van der Waals surface area contributed by atoms with Gasteiger partial charge in [0.25, 0.3) is 25.0 Å². The number of fused-ring (bicyclic) bond motifs is 7. The monoisotopic (exact) mass is 1370 g/mol. The van der Waals surface area contributed by atoms with Gasteiger partial charge in [0.15, 0.2) is 18.8 Å². The molecule has 5 aliphatic rings. The summed E-state index contributed by atoms with van der Waals surface area (Å²) in [5, 5.41) is 3.59. The Bertz CT molecular complexity index is 4590. The highest BCUT2D eigenvalue weighted by molar-refractivity contribution is 7.14. The average molecular weight is 1370 g/mol. The van der Waals surface area contributed by atoms with Crippen LogP contribution in [0.5, 0.6) is 17.4 Å². The Kier molecular flexibility index (Phi) is 20.0. The molecule has 0 aliphatic carbocycles. The van der Waals surface area contributed by atoms with Crippen molar-refractivity contribution in [2.75, 3.05) is 61.0 Å². The first-order valence-electron chi connectivity index (χ1n) is 33.7. The van der Waals surface area contributed by atoms with E-state index in [1.807, 2.05) is 58.6 Å². The van der Waals surface area contributed by atoms with Gasteiger partial charge in [-0.15, -0.1) is 0 Å². The third-order valence-corrected chi connectivity index (χ3v) is 26.7. The number of aromatic amines is 1. The molecule has 15 rings (SSSR count). The molecule has 4 saturated heterocycles. The van der Waals surface area contributed by atoms with Crippen LogP contribution >= 0.6 is 23.1 Å². The SMILES string of the molecule is COC1CCCN(Cc2cc3c4nc(c(=O)[nH]c4c2)-c2cccc4c(=O)n(sc24)CC[C@@H]2C[C@@H](CO2)O3)C1.COCOc1cc(COC2CCCCO2)cc2nc(OC)c(-c3cccc4c(=O)n(CC[C@@H]5C[C@@H](O[Si](c6ccccc6)(c6ccccc6)C(C)(C)C)CO5)sc34)nc12. The normalized spacial score (nSPS) is 20.7. The van der Waals surface area contributed by atoms with Gasteiger partial charge in [-0.2, -0.15) is 0 Å². The molecular formula is C74H83N7O13S2Si. The number of hydrogen-bond acceptors (Lipinski definition) is 19. The number of rotatable bonds is 18. The second kappa shape index (κ2) is 29.1. The van der Waals surface area contributed by atoms with E-state index in [9.17, 15) is 14.4 Å². The molecule has 9 heterocycles. The first kappa shape index (κ1) is 66.7. The molecule has 4 fully saturated rings. The fraction of sp³-hybridized carbons (Fsp3) is 0.432. The molecule has 23 heteroatoms. The number of methoxy groups -OCH3 is 3. The number of likely N-dealkylation sites (tertiary alicyclic amines) is 1. The zero-order valence-electron chi connectivity index (χ0n) is 55.8. The van der Waals surface area contributed by atoms with E-state index in [4.69, 9.17) is 62.0 Å². The highest BCUT2D eigenvalue weighted by atomic mass is 32.1. The Morgan fingerprint density at radius 3 is 2.18 bits per heavy atom. The minimum absolute atomic E-state index is 0.0247. The van der Waals surface area contributed by atoms with Crippen LogP contribution in [0, 0.1) is 0 Å². The summed E-state index contributed by atoms with van der Waals surface area (Å²) < 4.78 is 66.1. The molecule has 6 aromatic carbocycles. The minimum atomic E-state index is -2.73. The Morgan fingerprint density at radius 1 is 0.691 bits per heavy atom. The largest absolute Gasteiger partial charge is 0.486 e. The summed E-state index contributed by atoms with van der Waals surface area (Å²) in [7, 11) is 2.20. The predicted molar refractivity (Wildman–Crippen MR) is 380 cm³/mol. The zero-order chi connectivity index (χ0) is 66.8. The Hall–Kier alpha value is -7.52. The maximum absolute atomic E-state index is 13.9. The first-order chi connectivity index (χ1) is 47.2. The lowest BCUT2D eigenvalue weighted by molar-refractivity contribution is -0.168. The number of H-pyrrole nitrogens is 1. The smallest absolute Gasteiger partial charge is 0.275 e. The maximum Gasteiger partial charge on any atom is 0.275 e. The molecule has 6 atom stereocenters. The molecule has 0 amide bonds. The topological polar surface area (TPSA) is 211 Å². The van der Waals surface area contributed by atoms with Gasteiger partial charge < -0.3 is 52.0 Å². The third-order valence-electron chi connectivity index (χ3n) is 19.2. The van der Waals surface area contributed by atoms with Crippen molar-refractivity contribution in [1.29, 1.82) is 0 Å². The number of hydrogen-bond donors (Lipinski definition) is 1. The summed E-state index contributed by atoms with van der Waals surface area (Å²) in [6.45, 7) is 12.7. The molecule has 97 heavy (non-hydrogen) atoms. The van der Waals surface area contributed by atoms with Gasteiger partial charge in [-0.3, -0.25) is 27.2 Å². The summed E-state index contributed by atoms with van der Waals surface area (Å²) in [5.74, 6) is 1.50. The Labute approximate surface area is 571 Å². The van der Waals surface area contributed by atoms with Crippen LogP contribution in [-0.4, -0.2) is 139 Å². The average Bonchev–Trinajstić information content (AvgIpc) is 1.31. The van der Waals surface area contributed by atoms with Crippen molar-refractivity contribution in [2.45, 2.75) is 147 Å². The lowest BCUT2D eigenvalue weighted by Crippen LogP contribution is -2.67. The van der Waals surface area contributed by atoms with Crippen molar-refractivity contribution in [3.8, 4) is 39.9 Å². The van der Waals surface area contributed by atoms with E-state index in [1.165, 1.54) is 33.4 Å². The molecule has 20 nitrogen and oxygen atoms in total. The Balaban J connectivity index is 0.000000182. The van der Waals surface area contributed by atoms with Gasteiger partial charge in [-0.05, 0) is 114 Å². The number of aryl methyl sites for hydroxylation is 2. The molecule has 0 spiro atoms. The van der Waals surface area contributed by atoms with E-state index in [2.05, 4.69) is 97.4 Å². The highest BCUT2D eigenvalue weighted by Crippen LogP contribution is 2.42. The second-order valence-electron chi connectivity index (χ2n) is 26.8. The zero-order valence-corrected chi connectivity index (χ0v) is 58.4. The van der Waals surface area contributed by atoms with Crippen molar-refractivity contribution in [2.24, 2.45) is 0 Å². The van der Waals surface area contributed by atoms with Gasteiger partial charge >= 0.3 is 0 Å². The van der Waals surface area contributed by atoms with Crippen molar-refractivity contribution < 1.29 is 47.1 Å². The summed E-state index contributed by atoms with van der Waals surface area (Å²) >= 11 is 2.81. The van der Waals surface area contributed by atoms with Gasteiger partial charge in [0, 0.05) is 71.0 Å². The molecule has 6 bridgehead atoms. The second-order valence-corrected chi connectivity index (χ2v) is 33.1. The van der Waals surface area contributed by atoms with Crippen molar-refractivity contribution in [3.63, 3.8) is 0 Å². The summed E-state index contributed by atoms with van der Waals surface area (Å²) in [6, 6.07) is 40.5. The predicted octanol–water partition coefficient (Wildman–Crippen LogP) is 11.3. The van der Waals surface area contributed by atoms with E-state index >= 15 is 0 Å². The molecule has 4 aromatic heterocycles. The van der Waals surface area contributed by atoms with Gasteiger partial charge in [0.2, 0.25) is 5.88 Å². The van der Waals surface area contributed by atoms with Crippen LogP contribution in [-0.2, 0) is 59.1 Å². The fourth-order valence-corrected chi connectivity index (χ4v) is 21.3. The molecular weight excluding hydrogens is 1290 g/mol. The van der Waals surface area contributed by atoms with Crippen molar-refractivity contribution in [1.82, 2.24) is 32.7 Å². The van der Waals surface area contributed by atoms with Crippen molar-refractivity contribution in [3.05, 3.63) is 164 Å².